The van der Waals surface area contributed by atoms with Crippen LogP contribution in [0, 0.1) is 5.92 Å². The molecule has 0 unspecified atom stereocenters. The molecule has 1 N–H and O–H groups in total. The van der Waals surface area contributed by atoms with Crippen molar-refractivity contribution < 1.29 is 4.79 Å². The van der Waals surface area contributed by atoms with Gasteiger partial charge < -0.3 is 5.32 Å². The van der Waals surface area contributed by atoms with Crippen molar-refractivity contribution in [3.05, 3.63) is 16.1 Å². The lowest BCUT2D eigenvalue weighted by molar-refractivity contribution is -0.120. The predicted molar refractivity (Wildman–Crippen MR) is 75.0 cm³/mol. The summed E-state index contributed by atoms with van der Waals surface area (Å²) in [6.45, 7) is 0.803. The monoisotopic (exact) mass is 286 g/mol. The second-order valence-electron chi connectivity index (χ2n) is 4.83. The van der Waals surface area contributed by atoms with Gasteiger partial charge in [-0.25, -0.2) is 4.98 Å². The highest BCUT2D eigenvalue weighted by Gasteiger charge is 2.15. The van der Waals surface area contributed by atoms with Crippen LogP contribution in [0.15, 0.2) is 5.38 Å². The van der Waals surface area contributed by atoms with Crippen LogP contribution >= 0.6 is 22.9 Å². The van der Waals surface area contributed by atoms with Crippen LogP contribution < -0.4 is 5.32 Å². The van der Waals surface area contributed by atoms with Crippen LogP contribution in [0.3, 0.4) is 0 Å². The molecule has 1 aliphatic carbocycles. The van der Waals surface area contributed by atoms with Gasteiger partial charge in [-0.1, -0.05) is 25.7 Å². The second-order valence-corrected chi connectivity index (χ2v) is 6.04. The summed E-state index contributed by atoms with van der Waals surface area (Å²) in [5.41, 5.74) is 0.857. The molecule has 1 saturated carbocycles. The number of hydrogen-bond acceptors (Lipinski definition) is 3. The van der Waals surface area contributed by atoms with Gasteiger partial charge in [0.25, 0.3) is 0 Å². The fraction of sp³-hybridized carbons (Fsp3) is 0.692. The number of halogens is 1. The van der Waals surface area contributed by atoms with Gasteiger partial charge in [0.05, 0.1) is 18.0 Å². The summed E-state index contributed by atoms with van der Waals surface area (Å²) < 4.78 is 0. The van der Waals surface area contributed by atoms with Crippen molar-refractivity contribution in [2.24, 2.45) is 5.92 Å². The van der Waals surface area contributed by atoms with Gasteiger partial charge >= 0.3 is 0 Å². The molecule has 100 valence electrons. The Kier molecular flexibility index (Phi) is 5.45. The molecule has 0 radical (unpaired) electrons. The summed E-state index contributed by atoms with van der Waals surface area (Å²) in [5.74, 6) is 1.32. The third kappa shape index (κ3) is 4.25. The van der Waals surface area contributed by atoms with Crippen molar-refractivity contribution in [1.29, 1.82) is 0 Å². The van der Waals surface area contributed by atoms with Crippen LogP contribution in [0.1, 0.15) is 42.8 Å². The second kappa shape index (κ2) is 7.10. The molecule has 1 aliphatic rings. The molecule has 1 heterocycles. The van der Waals surface area contributed by atoms with E-state index in [1.807, 2.05) is 5.38 Å². The number of nitrogens with zero attached hydrogens (tertiary/aromatic N) is 1. The Labute approximate surface area is 117 Å². The first-order chi connectivity index (χ1) is 8.78. The van der Waals surface area contributed by atoms with E-state index in [1.54, 1.807) is 0 Å². The van der Waals surface area contributed by atoms with Gasteiger partial charge in [-0.15, -0.1) is 22.9 Å². The van der Waals surface area contributed by atoms with Gasteiger partial charge in [-0.05, 0) is 12.3 Å². The number of hydrogen-bond donors (Lipinski definition) is 1. The molecule has 5 heteroatoms. The molecule has 1 amide bonds. The van der Waals surface area contributed by atoms with Crippen LogP contribution in [0.25, 0.3) is 0 Å². The number of nitrogens with one attached hydrogen (secondary N) is 1. The zero-order valence-corrected chi connectivity index (χ0v) is 12.0. The molecule has 2 rings (SSSR count). The molecule has 3 nitrogen and oxygen atoms in total. The fourth-order valence-corrected chi connectivity index (χ4v) is 3.43. The van der Waals surface area contributed by atoms with Crippen LogP contribution in [0.4, 0.5) is 0 Å². The number of carbonyl (C=O) groups is 1. The van der Waals surface area contributed by atoms with Crippen molar-refractivity contribution >= 4 is 28.8 Å². The first-order valence-electron chi connectivity index (χ1n) is 6.54. The average Bonchev–Trinajstić information content (AvgIpc) is 3.00. The van der Waals surface area contributed by atoms with E-state index >= 15 is 0 Å². The maximum atomic E-state index is 11.7. The maximum Gasteiger partial charge on any atom is 0.226 e. The summed E-state index contributed by atoms with van der Waals surface area (Å²) in [7, 11) is 0. The maximum absolute atomic E-state index is 11.7. The zero-order chi connectivity index (χ0) is 12.8. The van der Waals surface area contributed by atoms with E-state index in [0.29, 0.717) is 12.3 Å². The molecule has 0 atom stereocenters. The first kappa shape index (κ1) is 13.8. The number of thiazole rings is 1. The van der Waals surface area contributed by atoms with E-state index in [1.165, 1.54) is 37.0 Å². The predicted octanol–water partition coefficient (Wildman–Crippen LogP) is 3.12. The van der Waals surface area contributed by atoms with Crippen molar-refractivity contribution in [2.45, 2.75) is 44.4 Å². The summed E-state index contributed by atoms with van der Waals surface area (Å²) in [4.78, 5) is 16.0. The van der Waals surface area contributed by atoms with Crippen LogP contribution in [-0.2, 0) is 17.1 Å². The van der Waals surface area contributed by atoms with Crippen LogP contribution in [-0.4, -0.2) is 17.4 Å². The van der Waals surface area contributed by atoms with Gasteiger partial charge in [-0.3, -0.25) is 4.79 Å². The van der Waals surface area contributed by atoms with Crippen molar-refractivity contribution in [1.82, 2.24) is 10.3 Å². The molecule has 0 aliphatic heterocycles. The lowest BCUT2D eigenvalue weighted by Gasteiger charge is -2.09. The number of amides is 1. The highest BCUT2D eigenvalue weighted by Crippen LogP contribution is 2.26. The van der Waals surface area contributed by atoms with Gasteiger partial charge in [0.2, 0.25) is 5.91 Å². The summed E-state index contributed by atoms with van der Waals surface area (Å²) in [6.07, 6.45) is 6.89. The van der Waals surface area contributed by atoms with Gasteiger partial charge in [0, 0.05) is 11.9 Å². The molecule has 18 heavy (non-hydrogen) atoms. The minimum absolute atomic E-state index is 0.0727. The van der Waals surface area contributed by atoms with Gasteiger partial charge in [-0.2, -0.15) is 0 Å². The molecule has 0 saturated heterocycles. The Morgan fingerprint density at radius 1 is 1.50 bits per heavy atom. The first-order valence-corrected chi connectivity index (χ1v) is 7.95. The quantitative estimate of drug-likeness (QED) is 0.817. The normalized spacial score (nSPS) is 16.1. The Balaban J connectivity index is 1.65. The SMILES string of the molecule is O=C(Cc1nc(CCl)cs1)NCCC1CCCC1. The molecular formula is C13H19ClN2OS. The standard InChI is InChI=1S/C13H19ClN2OS/c14-8-11-9-18-13(16-11)7-12(17)15-6-5-10-3-1-2-4-10/h9-10H,1-8H2,(H,15,17). The van der Waals surface area contributed by atoms with Crippen molar-refractivity contribution in [2.75, 3.05) is 6.54 Å². The minimum atomic E-state index is 0.0727. The Hall–Kier alpha value is -0.610. The third-order valence-electron chi connectivity index (χ3n) is 3.40. The Morgan fingerprint density at radius 2 is 2.28 bits per heavy atom. The molecule has 0 bridgehead atoms. The molecule has 0 spiro atoms. The number of alkyl halides is 1. The van der Waals surface area contributed by atoms with Crippen molar-refractivity contribution in [3.8, 4) is 0 Å². The van der Waals surface area contributed by atoms with Crippen LogP contribution in [0.5, 0.6) is 0 Å². The summed E-state index contributed by atoms with van der Waals surface area (Å²) >= 11 is 7.18. The molecule has 0 aromatic carbocycles. The third-order valence-corrected chi connectivity index (χ3v) is 4.57. The zero-order valence-electron chi connectivity index (χ0n) is 10.5. The van der Waals surface area contributed by atoms with E-state index in [-0.39, 0.29) is 5.91 Å². The van der Waals surface area contributed by atoms with E-state index in [2.05, 4.69) is 10.3 Å². The van der Waals surface area contributed by atoms with Gasteiger partial charge in [0.15, 0.2) is 0 Å². The molecular weight excluding hydrogens is 268 g/mol. The highest BCUT2D eigenvalue weighted by molar-refractivity contribution is 7.09. The van der Waals surface area contributed by atoms with E-state index in [4.69, 9.17) is 11.6 Å². The lowest BCUT2D eigenvalue weighted by atomic mass is 10.0. The van der Waals surface area contributed by atoms with Crippen LogP contribution in [0.2, 0.25) is 0 Å². The smallest absolute Gasteiger partial charge is 0.226 e. The van der Waals surface area contributed by atoms with E-state index in [0.717, 1.165) is 29.6 Å². The number of rotatable bonds is 6. The highest BCUT2D eigenvalue weighted by atomic mass is 35.5. The number of aromatic nitrogens is 1. The Bertz CT molecular complexity index is 388. The topological polar surface area (TPSA) is 42.0 Å². The average molecular weight is 287 g/mol. The lowest BCUT2D eigenvalue weighted by Crippen LogP contribution is -2.27. The van der Waals surface area contributed by atoms with Crippen molar-refractivity contribution in [3.63, 3.8) is 0 Å². The van der Waals surface area contributed by atoms with E-state index in [9.17, 15) is 4.79 Å². The van der Waals surface area contributed by atoms with E-state index < -0.39 is 0 Å². The number of carbonyl (C=O) groups excluding carboxylic acids is 1. The molecule has 1 aromatic heterocycles. The largest absolute Gasteiger partial charge is 0.356 e. The summed E-state index contributed by atoms with van der Waals surface area (Å²) in [6, 6.07) is 0. The summed E-state index contributed by atoms with van der Waals surface area (Å²) in [5, 5.41) is 5.74. The van der Waals surface area contributed by atoms with Gasteiger partial charge in [0.1, 0.15) is 5.01 Å². The minimum Gasteiger partial charge on any atom is -0.356 e. The Morgan fingerprint density at radius 3 is 2.94 bits per heavy atom. The molecule has 1 fully saturated rings. The fourth-order valence-electron chi connectivity index (χ4n) is 2.41. The molecule has 1 aromatic rings.